The molecule has 3 N–H and O–H groups in total. The number of aryl methyl sites for hydroxylation is 1. The van der Waals surface area contributed by atoms with Crippen molar-refractivity contribution in [2.24, 2.45) is 5.73 Å². The van der Waals surface area contributed by atoms with Gasteiger partial charge in [-0.15, -0.1) is 0 Å². The van der Waals surface area contributed by atoms with E-state index in [0.717, 1.165) is 73.5 Å². The highest BCUT2D eigenvalue weighted by molar-refractivity contribution is 5.89. The second kappa shape index (κ2) is 12.1. The summed E-state index contributed by atoms with van der Waals surface area (Å²) in [6.07, 6.45) is 7.50. The largest absolute Gasteiger partial charge is 0.373 e. The first kappa shape index (κ1) is 26.3. The molecular weight excluding hydrogens is 483 g/mol. The van der Waals surface area contributed by atoms with Gasteiger partial charge in [0.25, 0.3) is 0 Å². The van der Waals surface area contributed by atoms with Crippen LogP contribution in [0.4, 0.5) is 14.9 Å². The molecule has 0 aliphatic carbocycles. The molecule has 9 heteroatoms. The fourth-order valence-electron chi connectivity index (χ4n) is 5.31. The summed E-state index contributed by atoms with van der Waals surface area (Å²) in [6, 6.07) is 12.8. The van der Waals surface area contributed by atoms with Gasteiger partial charge in [0.05, 0.1) is 24.7 Å². The van der Waals surface area contributed by atoms with Crippen LogP contribution in [0, 0.1) is 12.7 Å². The molecule has 0 unspecified atom stereocenters. The summed E-state index contributed by atoms with van der Waals surface area (Å²) in [4.78, 5) is 21.8. The number of nitrogens with zero attached hydrogens (tertiary/aromatic N) is 4. The monoisotopic (exact) mass is 520 g/mol. The first-order valence-corrected chi connectivity index (χ1v) is 13.5. The van der Waals surface area contributed by atoms with Crippen LogP contribution in [-0.2, 0) is 17.9 Å². The molecule has 2 fully saturated rings. The Morgan fingerprint density at radius 1 is 1.13 bits per heavy atom. The number of amides is 2. The smallest absolute Gasteiger partial charge is 0.321 e. The number of rotatable bonds is 7. The van der Waals surface area contributed by atoms with E-state index in [9.17, 15) is 9.18 Å². The van der Waals surface area contributed by atoms with Gasteiger partial charge < -0.3 is 25.3 Å². The van der Waals surface area contributed by atoms with Crippen LogP contribution in [0.25, 0.3) is 5.69 Å². The van der Waals surface area contributed by atoms with E-state index in [2.05, 4.69) is 27.3 Å². The van der Waals surface area contributed by atoms with E-state index in [-0.39, 0.29) is 24.0 Å². The maximum atomic E-state index is 13.4. The predicted octanol–water partition coefficient (Wildman–Crippen LogP) is 4.46. The highest BCUT2D eigenvalue weighted by atomic mass is 19.1. The molecule has 2 amide bonds. The summed E-state index contributed by atoms with van der Waals surface area (Å²) < 4.78 is 21.4. The van der Waals surface area contributed by atoms with Crippen molar-refractivity contribution in [3.8, 4) is 5.69 Å². The number of piperidine rings is 2. The molecule has 2 aromatic carbocycles. The minimum atomic E-state index is -0.257. The second-order valence-corrected chi connectivity index (χ2v) is 10.5. The van der Waals surface area contributed by atoms with Crippen LogP contribution in [-0.4, -0.2) is 63.7 Å². The fraction of sp³-hybridized carbons (Fsp3) is 0.448. The van der Waals surface area contributed by atoms with Crippen molar-refractivity contribution >= 4 is 11.7 Å². The Labute approximate surface area is 223 Å². The number of nitrogens with two attached hydrogens (primary N) is 1. The van der Waals surface area contributed by atoms with Crippen LogP contribution in [0.1, 0.15) is 42.5 Å². The number of imidazole rings is 1. The molecule has 202 valence electrons. The summed E-state index contributed by atoms with van der Waals surface area (Å²) in [6.45, 7) is 6.25. The molecule has 2 saturated heterocycles. The van der Waals surface area contributed by atoms with E-state index >= 15 is 0 Å². The average Bonchev–Trinajstić information content (AvgIpc) is 3.34. The molecule has 2 aliphatic rings. The Balaban J connectivity index is 1.21. The first-order valence-electron chi connectivity index (χ1n) is 13.5. The molecule has 2 aliphatic heterocycles. The van der Waals surface area contributed by atoms with Gasteiger partial charge >= 0.3 is 6.03 Å². The van der Waals surface area contributed by atoms with E-state index in [0.29, 0.717) is 19.7 Å². The van der Waals surface area contributed by atoms with E-state index in [1.54, 1.807) is 12.4 Å². The van der Waals surface area contributed by atoms with Crippen molar-refractivity contribution in [2.45, 2.75) is 57.9 Å². The molecule has 38 heavy (non-hydrogen) atoms. The lowest BCUT2D eigenvalue weighted by molar-refractivity contribution is 0.00531. The number of halogens is 1. The van der Waals surface area contributed by atoms with Crippen molar-refractivity contribution < 1.29 is 13.9 Å². The number of urea groups is 1. The Hall–Kier alpha value is -3.27. The highest BCUT2D eigenvalue weighted by Gasteiger charge is 2.24. The van der Waals surface area contributed by atoms with E-state index in [1.807, 2.05) is 34.7 Å². The lowest BCUT2D eigenvalue weighted by atomic mass is 10.1. The third-order valence-corrected chi connectivity index (χ3v) is 7.29. The molecule has 8 nitrogen and oxygen atoms in total. The van der Waals surface area contributed by atoms with Gasteiger partial charge in [-0.1, -0.05) is 12.1 Å². The molecule has 0 bridgehead atoms. The molecule has 1 aromatic heterocycles. The number of likely N-dealkylation sites (tertiary alicyclic amines) is 2. The fourth-order valence-corrected chi connectivity index (χ4v) is 5.31. The SMILES string of the molecule is Cc1cn(-c2cc(CN3CCC[C@H](N)C3)cc(NC(=O)N3CCC(OCc4cccc(F)c4)CC3)c2)cn1. The van der Waals surface area contributed by atoms with Gasteiger partial charge in [-0.05, 0) is 80.6 Å². The van der Waals surface area contributed by atoms with Gasteiger partial charge in [-0.2, -0.15) is 0 Å². The Bertz CT molecular complexity index is 1240. The normalized spacial score (nSPS) is 19.0. The number of hydrogen-bond acceptors (Lipinski definition) is 5. The number of ether oxygens (including phenoxy) is 1. The third-order valence-electron chi connectivity index (χ3n) is 7.29. The standard InChI is InChI=1S/C29H37FN6O2/c1-21-16-36(20-32-21)27-14-23(17-34-9-3-6-25(31)18-34)13-26(15-27)33-29(37)35-10-7-28(8-11-35)38-19-22-4-2-5-24(30)12-22/h2,4-5,12-16,20,25,28H,3,6-11,17-19,31H2,1H3,(H,33,37)/t25-/m0/s1. The summed E-state index contributed by atoms with van der Waals surface area (Å²) in [5.41, 5.74) is 10.8. The lowest BCUT2D eigenvalue weighted by Crippen LogP contribution is -2.43. The quantitative estimate of drug-likeness (QED) is 0.480. The molecule has 0 spiro atoms. The number of hydrogen-bond donors (Lipinski definition) is 2. The van der Waals surface area contributed by atoms with Gasteiger partial charge in [0.15, 0.2) is 0 Å². The third kappa shape index (κ3) is 6.98. The second-order valence-electron chi connectivity index (χ2n) is 10.5. The van der Waals surface area contributed by atoms with Crippen LogP contribution in [0.5, 0.6) is 0 Å². The van der Waals surface area contributed by atoms with Gasteiger partial charge in [0, 0.05) is 49.8 Å². The summed E-state index contributed by atoms with van der Waals surface area (Å²) in [7, 11) is 0. The Kier molecular flexibility index (Phi) is 8.36. The molecule has 0 saturated carbocycles. The Morgan fingerprint density at radius 2 is 1.97 bits per heavy atom. The number of carbonyl (C=O) groups is 1. The molecule has 3 aromatic rings. The molecule has 3 heterocycles. The first-order chi connectivity index (χ1) is 18.4. The van der Waals surface area contributed by atoms with Crippen molar-refractivity contribution in [1.29, 1.82) is 0 Å². The summed E-state index contributed by atoms with van der Waals surface area (Å²) in [5.74, 6) is -0.257. The summed E-state index contributed by atoms with van der Waals surface area (Å²) >= 11 is 0. The van der Waals surface area contributed by atoms with Crippen molar-refractivity contribution in [3.05, 3.63) is 77.6 Å². The van der Waals surface area contributed by atoms with Gasteiger partial charge in [-0.3, -0.25) is 4.90 Å². The number of nitrogens with one attached hydrogen (secondary N) is 1. The van der Waals surface area contributed by atoms with Crippen LogP contribution in [0.3, 0.4) is 0 Å². The van der Waals surface area contributed by atoms with Crippen LogP contribution < -0.4 is 11.1 Å². The van der Waals surface area contributed by atoms with E-state index in [4.69, 9.17) is 10.5 Å². The maximum absolute atomic E-state index is 13.4. The van der Waals surface area contributed by atoms with Crippen molar-refractivity contribution in [3.63, 3.8) is 0 Å². The highest BCUT2D eigenvalue weighted by Crippen LogP contribution is 2.23. The van der Waals surface area contributed by atoms with Gasteiger partial charge in [0.2, 0.25) is 0 Å². The summed E-state index contributed by atoms with van der Waals surface area (Å²) in [5, 5.41) is 3.12. The van der Waals surface area contributed by atoms with Crippen molar-refractivity contribution in [2.75, 3.05) is 31.5 Å². The van der Waals surface area contributed by atoms with E-state index < -0.39 is 0 Å². The average molecular weight is 521 g/mol. The predicted molar refractivity (Wildman–Crippen MR) is 146 cm³/mol. The number of anilines is 1. The van der Waals surface area contributed by atoms with Crippen LogP contribution >= 0.6 is 0 Å². The lowest BCUT2D eigenvalue weighted by Gasteiger charge is -2.32. The number of benzene rings is 2. The minimum absolute atomic E-state index is 0.0534. The zero-order valence-electron chi connectivity index (χ0n) is 22.0. The number of aromatic nitrogens is 2. The van der Waals surface area contributed by atoms with E-state index in [1.165, 1.54) is 12.1 Å². The molecule has 5 rings (SSSR count). The van der Waals surface area contributed by atoms with Crippen LogP contribution in [0.15, 0.2) is 55.0 Å². The van der Waals surface area contributed by atoms with Crippen LogP contribution in [0.2, 0.25) is 0 Å². The zero-order chi connectivity index (χ0) is 26.5. The maximum Gasteiger partial charge on any atom is 0.321 e. The molecule has 0 radical (unpaired) electrons. The zero-order valence-corrected chi connectivity index (χ0v) is 22.0. The topological polar surface area (TPSA) is 88.7 Å². The minimum Gasteiger partial charge on any atom is -0.373 e. The molecular formula is C29H37FN6O2. The van der Waals surface area contributed by atoms with Crippen molar-refractivity contribution in [1.82, 2.24) is 19.4 Å². The number of carbonyl (C=O) groups excluding carboxylic acids is 1. The molecule has 1 atom stereocenters. The van der Waals surface area contributed by atoms with Gasteiger partial charge in [-0.25, -0.2) is 14.2 Å². The Morgan fingerprint density at radius 3 is 2.71 bits per heavy atom. The van der Waals surface area contributed by atoms with Gasteiger partial charge in [0.1, 0.15) is 5.82 Å².